The second kappa shape index (κ2) is 7.16. The Balaban J connectivity index is 1.96. The van der Waals surface area contributed by atoms with Gasteiger partial charge in [0.25, 0.3) is 0 Å². The number of ether oxygens (including phenoxy) is 1. The van der Waals surface area contributed by atoms with Crippen LogP contribution in [0.5, 0.6) is 5.75 Å². The maximum atomic E-state index is 8.63. The van der Waals surface area contributed by atoms with Gasteiger partial charge in [-0.25, -0.2) is 0 Å². The molecule has 0 N–H and O–H groups in total. The first-order valence-electron chi connectivity index (χ1n) is 7.16. The Morgan fingerprint density at radius 1 is 1.32 bits per heavy atom. The van der Waals surface area contributed by atoms with Crippen LogP contribution in [-0.2, 0) is 0 Å². The number of benzene rings is 1. The maximum Gasteiger partial charge on any atom is 0.122 e. The second-order valence-corrected chi connectivity index (χ2v) is 4.99. The molecule has 3 nitrogen and oxygen atoms in total. The van der Waals surface area contributed by atoms with E-state index in [1.807, 2.05) is 13.0 Å². The molecule has 1 fully saturated rings. The van der Waals surface area contributed by atoms with Crippen LogP contribution >= 0.6 is 0 Å². The van der Waals surface area contributed by atoms with Gasteiger partial charge < -0.3 is 9.64 Å². The second-order valence-electron chi connectivity index (χ2n) is 4.99. The predicted molar refractivity (Wildman–Crippen MR) is 76.3 cm³/mol. The van der Waals surface area contributed by atoms with Gasteiger partial charge in [-0.3, -0.25) is 0 Å². The van der Waals surface area contributed by atoms with Crippen molar-refractivity contribution in [3.8, 4) is 11.8 Å². The fourth-order valence-corrected chi connectivity index (χ4v) is 2.78. The molecule has 0 radical (unpaired) electrons. The third-order valence-corrected chi connectivity index (χ3v) is 3.79. The number of likely N-dealkylation sites (tertiary alicyclic amines) is 1. The lowest BCUT2D eigenvalue weighted by atomic mass is 9.89. The van der Waals surface area contributed by atoms with Crippen LogP contribution in [0.1, 0.15) is 37.7 Å². The van der Waals surface area contributed by atoms with Crippen LogP contribution in [0.2, 0.25) is 0 Å². The minimum atomic E-state index is 0.598. The summed E-state index contributed by atoms with van der Waals surface area (Å²) in [5.74, 6) is 1.64. The van der Waals surface area contributed by atoms with E-state index in [0.717, 1.165) is 44.8 Å². The first kappa shape index (κ1) is 13.9. The van der Waals surface area contributed by atoms with E-state index in [1.54, 1.807) is 0 Å². The van der Waals surface area contributed by atoms with Crippen molar-refractivity contribution in [1.29, 1.82) is 5.26 Å². The van der Waals surface area contributed by atoms with Gasteiger partial charge in [-0.05, 0) is 50.4 Å². The van der Waals surface area contributed by atoms with Crippen molar-refractivity contribution in [3.05, 3.63) is 29.8 Å². The Bertz CT molecular complexity index is 431. The van der Waals surface area contributed by atoms with Crippen LogP contribution in [0.25, 0.3) is 0 Å². The molecule has 1 heterocycles. The zero-order chi connectivity index (χ0) is 13.5. The minimum absolute atomic E-state index is 0.598. The normalized spacial score (nSPS) is 17.1. The van der Waals surface area contributed by atoms with E-state index in [0.29, 0.717) is 12.3 Å². The van der Waals surface area contributed by atoms with Crippen LogP contribution in [-0.4, -0.2) is 31.1 Å². The summed E-state index contributed by atoms with van der Waals surface area (Å²) in [6.07, 6.45) is 2.96. The lowest BCUT2D eigenvalue weighted by Gasteiger charge is -2.32. The van der Waals surface area contributed by atoms with Crippen LogP contribution in [0.4, 0.5) is 0 Å². The van der Waals surface area contributed by atoms with Crippen molar-refractivity contribution >= 4 is 0 Å². The Labute approximate surface area is 115 Å². The van der Waals surface area contributed by atoms with Crippen molar-refractivity contribution < 1.29 is 4.74 Å². The monoisotopic (exact) mass is 258 g/mol. The van der Waals surface area contributed by atoms with Crippen LogP contribution in [0.3, 0.4) is 0 Å². The number of para-hydroxylation sites is 1. The molecule has 2 rings (SSSR count). The van der Waals surface area contributed by atoms with E-state index in [1.165, 1.54) is 5.56 Å². The highest BCUT2D eigenvalue weighted by Gasteiger charge is 2.22. The van der Waals surface area contributed by atoms with Gasteiger partial charge in [0.1, 0.15) is 5.75 Å². The van der Waals surface area contributed by atoms with E-state index >= 15 is 0 Å². The summed E-state index contributed by atoms with van der Waals surface area (Å²) in [6, 6.07) is 10.6. The number of nitrogens with zero attached hydrogens (tertiary/aromatic N) is 2. The Kier molecular flexibility index (Phi) is 5.23. The maximum absolute atomic E-state index is 8.63. The molecule has 1 saturated heterocycles. The molecular weight excluding hydrogens is 236 g/mol. The summed E-state index contributed by atoms with van der Waals surface area (Å²) in [5, 5.41) is 8.63. The molecule has 19 heavy (non-hydrogen) atoms. The van der Waals surface area contributed by atoms with E-state index in [-0.39, 0.29) is 0 Å². The van der Waals surface area contributed by atoms with Gasteiger partial charge in [0, 0.05) is 13.0 Å². The van der Waals surface area contributed by atoms with Gasteiger partial charge >= 0.3 is 0 Å². The van der Waals surface area contributed by atoms with Crippen molar-refractivity contribution in [2.24, 2.45) is 0 Å². The summed E-state index contributed by atoms with van der Waals surface area (Å²) in [7, 11) is 0. The number of hydrogen-bond donors (Lipinski definition) is 0. The van der Waals surface area contributed by atoms with Crippen LogP contribution < -0.4 is 4.74 Å². The molecule has 1 aromatic carbocycles. The molecule has 0 spiro atoms. The summed E-state index contributed by atoms with van der Waals surface area (Å²) >= 11 is 0. The third-order valence-electron chi connectivity index (χ3n) is 3.79. The van der Waals surface area contributed by atoms with Crippen molar-refractivity contribution in [2.45, 2.75) is 32.1 Å². The molecule has 102 valence electrons. The average molecular weight is 258 g/mol. The molecule has 0 unspecified atom stereocenters. The molecule has 0 aliphatic carbocycles. The standard InChI is InChI=1S/C16H22N2O/c1-2-19-16-7-4-3-6-15(16)14-8-12-18(13-9-14)11-5-10-17/h3-4,6-7,14H,2,5,8-9,11-13H2,1H3. The fraction of sp³-hybridized carbons (Fsp3) is 0.562. The SMILES string of the molecule is CCOc1ccccc1C1CCN(CCC#N)CC1. The first-order valence-corrected chi connectivity index (χ1v) is 7.16. The zero-order valence-electron chi connectivity index (χ0n) is 11.6. The first-order chi connectivity index (χ1) is 9.35. The fourth-order valence-electron chi connectivity index (χ4n) is 2.78. The van der Waals surface area contributed by atoms with Crippen molar-refractivity contribution in [1.82, 2.24) is 4.90 Å². The Morgan fingerprint density at radius 2 is 2.05 bits per heavy atom. The van der Waals surface area contributed by atoms with E-state index in [4.69, 9.17) is 10.00 Å². The molecule has 0 amide bonds. The van der Waals surface area contributed by atoms with Gasteiger partial charge in [0.05, 0.1) is 12.7 Å². The third kappa shape index (κ3) is 3.71. The van der Waals surface area contributed by atoms with Crippen molar-refractivity contribution in [2.75, 3.05) is 26.2 Å². The molecular formula is C16H22N2O. The zero-order valence-corrected chi connectivity index (χ0v) is 11.6. The number of nitriles is 1. The van der Waals surface area contributed by atoms with Gasteiger partial charge in [0.2, 0.25) is 0 Å². The molecule has 0 saturated carbocycles. The highest BCUT2D eigenvalue weighted by atomic mass is 16.5. The van der Waals surface area contributed by atoms with E-state index in [2.05, 4.69) is 29.2 Å². The summed E-state index contributed by atoms with van der Waals surface area (Å²) in [4.78, 5) is 2.39. The molecule has 1 aliphatic rings. The van der Waals surface area contributed by atoms with Gasteiger partial charge in [0.15, 0.2) is 0 Å². The molecule has 0 bridgehead atoms. The van der Waals surface area contributed by atoms with Gasteiger partial charge in [-0.15, -0.1) is 0 Å². The minimum Gasteiger partial charge on any atom is -0.494 e. The van der Waals surface area contributed by atoms with Crippen LogP contribution in [0.15, 0.2) is 24.3 Å². The van der Waals surface area contributed by atoms with E-state index < -0.39 is 0 Å². The summed E-state index contributed by atoms with van der Waals surface area (Å²) in [5.41, 5.74) is 1.35. The molecule has 1 aromatic rings. The quantitative estimate of drug-likeness (QED) is 0.814. The molecule has 3 heteroatoms. The van der Waals surface area contributed by atoms with Gasteiger partial charge in [-0.1, -0.05) is 18.2 Å². The summed E-state index contributed by atoms with van der Waals surface area (Å²) in [6.45, 7) is 5.84. The van der Waals surface area contributed by atoms with E-state index in [9.17, 15) is 0 Å². The highest BCUT2D eigenvalue weighted by Crippen LogP contribution is 2.34. The average Bonchev–Trinajstić information content (AvgIpc) is 2.47. The molecule has 0 aromatic heterocycles. The lowest BCUT2D eigenvalue weighted by Crippen LogP contribution is -2.33. The number of rotatable bonds is 5. The Morgan fingerprint density at radius 3 is 2.74 bits per heavy atom. The van der Waals surface area contributed by atoms with Crippen molar-refractivity contribution in [3.63, 3.8) is 0 Å². The lowest BCUT2D eigenvalue weighted by molar-refractivity contribution is 0.214. The highest BCUT2D eigenvalue weighted by molar-refractivity contribution is 5.36. The van der Waals surface area contributed by atoms with Crippen LogP contribution in [0, 0.1) is 11.3 Å². The summed E-state index contributed by atoms with van der Waals surface area (Å²) < 4.78 is 5.73. The smallest absolute Gasteiger partial charge is 0.122 e. The Hall–Kier alpha value is -1.53. The molecule has 1 aliphatic heterocycles. The number of piperidine rings is 1. The predicted octanol–water partition coefficient (Wildman–Crippen LogP) is 3.18. The number of hydrogen-bond acceptors (Lipinski definition) is 3. The van der Waals surface area contributed by atoms with Gasteiger partial charge in [-0.2, -0.15) is 5.26 Å². The molecule has 0 atom stereocenters. The topological polar surface area (TPSA) is 36.3 Å². The largest absolute Gasteiger partial charge is 0.494 e.